The van der Waals surface area contributed by atoms with Gasteiger partial charge < -0.3 is 10.2 Å². The Morgan fingerprint density at radius 1 is 1.33 bits per heavy atom. The standard InChI is InChI=1S/C12H21N3/c1-6-15(5)11-9-7-8-10(13-11)14-12(2,3)4/h7-9H,6H2,1-5H3,(H,13,14). The molecule has 3 heteroatoms. The van der Waals surface area contributed by atoms with Crippen LogP contribution in [-0.4, -0.2) is 24.1 Å². The topological polar surface area (TPSA) is 28.2 Å². The van der Waals surface area contributed by atoms with Crippen molar-refractivity contribution in [1.29, 1.82) is 0 Å². The predicted molar refractivity (Wildman–Crippen MR) is 66.6 cm³/mol. The third-order valence-corrected chi connectivity index (χ3v) is 2.10. The first-order chi connectivity index (χ1) is 6.92. The number of aromatic nitrogens is 1. The van der Waals surface area contributed by atoms with Crippen LogP contribution in [0.25, 0.3) is 0 Å². The van der Waals surface area contributed by atoms with Gasteiger partial charge in [0.1, 0.15) is 11.6 Å². The highest BCUT2D eigenvalue weighted by atomic mass is 15.2. The maximum Gasteiger partial charge on any atom is 0.130 e. The van der Waals surface area contributed by atoms with E-state index in [4.69, 9.17) is 0 Å². The van der Waals surface area contributed by atoms with E-state index in [9.17, 15) is 0 Å². The quantitative estimate of drug-likeness (QED) is 0.826. The summed E-state index contributed by atoms with van der Waals surface area (Å²) in [5.41, 5.74) is 0.0520. The summed E-state index contributed by atoms with van der Waals surface area (Å²) < 4.78 is 0. The minimum atomic E-state index is 0.0520. The minimum absolute atomic E-state index is 0.0520. The number of rotatable bonds is 3. The number of hydrogen-bond donors (Lipinski definition) is 1. The van der Waals surface area contributed by atoms with E-state index in [1.54, 1.807) is 0 Å². The van der Waals surface area contributed by atoms with Gasteiger partial charge in [0.15, 0.2) is 0 Å². The largest absolute Gasteiger partial charge is 0.365 e. The van der Waals surface area contributed by atoms with Crippen LogP contribution in [0.2, 0.25) is 0 Å². The van der Waals surface area contributed by atoms with Gasteiger partial charge in [0.2, 0.25) is 0 Å². The Bertz CT molecular complexity index is 315. The van der Waals surface area contributed by atoms with Gasteiger partial charge in [0, 0.05) is 19.1 Å². The average molecular weight is 207 g/mol. The van der Waals surface area contributed by atoms with Crippen LogP contribution in [0.3, 0.4) is 0 Å². The maximum absolute atomic E-state index is 4.54. The molecule has 1 heterocycles. The van der Waals surface area contributed by atoms with Gasteiger partial charge in [-0.2, -0.15) is 0 Å². The van der Waals surface area contributed by atoms with Crippen molar-refractivity contribution in [3.8, 4) is 0 Å². The Balaban J connectivity index is 2.83. The van der Waals surface area contributed by atoms with Gasteiger partial charge in [-0.3, -0.25) is 0 Å². The molecule has 0 aliphatic rings. The molecule has 0 unspecified atom stereocenters. The molecular weight excluding hydrogens is 186 g/mol. The molecule has 1 N–H and O–H groups in total. The Morgan fingerprint density at radius 2 is 2.00 bits per heavy atom. The Morgan fingerprint density at radius 3 is 2.53 bits per heavy atom. The third kappa shape index (κ3) is 3.78. The van der Waals surface area contributed by atoms with Crippen LogP contribution < -0.4 is 10.2 Å². The SMILES string of the molecule is CCN(C)c1cccc(NC(C)(C)C)n1. The summed E-state index contributed by atoms with van der Waals surface area (Å²) in [6, 6.07) is 6.05. The lowest BCUT2D eigenvalue weighted by atomic mass is 10.1. The van der Waals surface area contributed by atoms with Crippen LogP contribution in [0, 0.1) is 0 Å². The van der Waals surface area contributed by atoms with E-state index in [-0.39, 0.29) is 5.54 Å². The van der Waals surface area contributed by atoms with Crippen molar-refractivity contribution in [3.63, 3.8) is 0 Å². The minimum Gasteiger partial charge on any atom is -0.365 e. The van der Waals surface area contributed by atoms with Crippen LogP contribution in [0.15, 0.2) is 18.2 Å². The fourth-order valence-electron chi connectivity index (χ4n) is 1.25. The van der Waals surface area contributed by atoms with E-state index in [0.717, 1.165) is 18.2 Å². The summed E-state index contributed by atoms with van der Waals surface area (Å²) in [6.07, 6.45) is 0. The second kappa shape index (κ2) is 4.51. The second-order valence-electron chi connectivity index (χ2n) is 4.77. The Kier molecular flexibility index (Phi) is 3.56. The molecule has 15 heavy (non-hydrogen) atoms. The normalized spacial score (nSPS) is 11.3. The predicted octanol–water partition coefficient (Wildman–Crippen LogP) is 2.75. The summed E-state index contributed by atoms with van der Waals surface area (Å²) in [4.78, 5) is 6.66. The van der Waals surface area contributed by atoms with E-state index in [1.165, 1.54) is 0 Å². The van der Waals surface area contributed by atoms with Crippen LogP contribution >= 0.6 is 0 Å². The number of pyridine rings is 1. The molecule has 0 saturated heterocycles. The van der Waals surface area contributed by atoms with Crippen LogP contribution in [-0.2, 0) is 0 Å². The maximum atomic E-state index is 4.54. The number of hydrogen-bond acceptors (Lipinski definition) is 3. The molecule has 0 amide bonds. The zero-order chi connectivity index (χ0) is 11.5. The van der Waals surface area contributed by atoms with Gasteiger partial charge in [0.05, 0.1) is 0 Å². The van der Waals surface area contributed by atoms with Gasteiger partial charge in [0.25, 0.3) is 0 Å². The molecule has 0 fully saturated rings. The molecule has 3 nitrogen and oxygen atoms in total. The van der Waals surface area contributed by atoms with Crippen molar-refractivity contribution in [2.24, 2.45) is 0 Å². The molecule has 0 aliphatic heterocycles. The zero-order valence-electron chi connectivity index (χ0n) is 10.3. The summed E-state index contributed by atoms with van der Waals surface area (Å²) in [5, 5.41) is 3.36. The smallest absolute Gasteiger partial charge is 0.130 e. The molecule has 0 atom stereocenters. The molecule has 0 radical (unpaired) electrons. The van der Waals surface area contributed by atoms with Crippen molar-refractivity contribution < 1.29 is 0 Å². The zero-order valence-corrected chi connectivity index (χ0v) is 10.3. The molecular formula is C12H21N3. The van der Waals surface area contributed by atoms with Crippen LogP contribution in [0.1, 0.15) is 27.7 Å². The fourth-order valence-corrected chi connectivity index (χ4v) is 1.25. The third-order valence-electron chi connectivity index (χ3n) is 2.10. The second-order valence-corrected chi connectivity index (χ2v) is 4.77. The molecule has 84 valence electrons. The Hall–Kier alpha value is -1.25. The highest BCUT2D eigenvalue weighted by Gasteiger charge is 2.10. The molecule has 1 rings (SSSR count). The fraction of sp³-hybridized carbons (Fsp3) is 0.583. The Labute approximate surface area is 92.5 Å². The van der Waals surface area contributed by atoms with Gasteiger partial charge in [-0.1, -0.05) is 6.07 Å². The lowest BCUT2D eigenvalue weighted by Crippen LogP contribution is -2.27. The highest BCUT2D eigenvalue weighted by molar-refractivity contribution is 5.47. The van der Waals surface area contributed by atoms with Crippen molar-refractivity contribution >= 4 is 11.6 Å². The van der Waals surface area contributed by atoms with Crippen molar-refractivity contribution in [2.45, 2.75) is 33.2 Å². The van der Waals surface area contributed by atoms with Crippen LogP contribution in [0.5, 0.6) is 0 Å². The van der Waals surface area contributed by atoms with E-state index >= 15 is 0 Å². The molecule has 0 saturated carbocycles. The molecule has 0 bridgehead atoms. The average Bonchev–Trinajstić information content (AvgIpc) is 2.14. The first kappa shape index (κ1) is 11.8. The lowest BCUT2D eigenvalue weighted by molar-refractivity contribution is 0.630. The highest BCUT2D eigenvalue weighted by Crippen LogP contribution is 2.16. The van der Waals surface area contributed by atoms with E-state index in [1.807, 2.05) is 25.2 Å². The summed E-state index contributed by atoms with van der Waals surface area (Å²) in [6.45, 7) is 9.47. The molecule has 0 aromatic carbocycles. The van der Waals surface area contributed by atoms with Crippen LogP contribution in [0.4, 0.5) is 11.6 Å². The summed E-state index contributed by atoms with van der Waals surface area (Å²) in [7, 11) is 2.04. The van der Waals surface area contributed by atoms with Crippen molar-refractivity contribution in [2.75, 3.05) is 23.8 Å². The number of anilines is 2. The van der Waals surface area contributed by atoms with E-state index in [0.29, 0.717) is 0 Å². The van der Waals surface area contributed by atoms with Gasteiger partial charge in [-0.05, 0) is 39.8 Å². The summed E-state index contributed by atoms with van der Waals surface area (Å²) in [5.74, 6) is 1.94. The lowest BCUT2D eigenvalue weighted by Gasteiger charge is -2.23. The first-order valence-corrected chi connectivity index (χ1v) is 5.39. The molecule has 1 aromatic heterocycles. The molecule has 0 aliphatic carbocycles. The van der Waals surface area contributed by atoms with E-state index in [2.05, 4.69) is 42.9 Å². The van der Waals surface area contributed by atoms with Gasteiger partial charge in [-0.25, -0.2) is 4.98 Å². The van der Waals surface area contributed by atoms with Gasteiger partial charge >= 0.3 is 0 Å². The van der Waals surface area contributed by atoms with Gasteiger partial charge in [-0.15, -0.1) is 0 Å². The summed E-state index contributed by atoms with van der Waals surface area (Å²) >= 11 is 0. The molecule has 0 spiro atoms. The van der Waals surface area contributed by atoms with Crippen molar-refractivity contribution in [1.82, 2.24) is 4.98 Å². The number of nitrogens with zero attached hydrogens (tertiary/aromatic N) is 2. The number of nitrogens with one attached hydrogen (secondary N) is 1. The first-order valence-electron chi connectivity index (χ1n) is 5.39. The van der Waals surface area contributed by atoms with Crippen molar-refractivity contribution in [3.05, 3.63) is 18.2 Å². The molecule has 1 aromatic rings. The monoisotopic (exact) mass is 207 g/mol. The van der Waals surface area contributed by atoms with E-state index < -0.39 is 0 Å².